The molecule has 23 heavy (non-hydrogen) atoms. The molecular formula is C17H14N3O3+. The maximum atomic E-state index is 10.6. The quantitative estimate of drug-likeness (QED) is 0.348. The second-order valence-electron chi connectivity index (χ2n) is 5.10. The molecule has 1 heterocycles. The standard InChI is InChI=1S/C17H13N3O3/c1-12-16-5-3-2-4-14(16)10-19(18-12)11-17(21)13-6-8-15(9-7-13)20(22)23/h2-11H,1H3/p+1. The van der Waals surface area contributed by atoms with Gasteiger partial charge in [0, 0.05) is 28.2 Å². The predicted octanol–water partition coefficient (Wildman–Crippen LogP) is 3.25. The summed E-state index contributed by atoms with van der Waals surface area (Å²) >= 11 is 0. The SMILES string of the molecule is Cc1n[n+](/C=C(\O)c2ccc([N+](=O)[O-])cc2)cc2ccccc12. The molecule has 0 saturated heterocycles. The van der Waals surface area contributed by atoms with E-state index in [2.05, 4.69) is 5.10 Å². The fraction of sp³-hybridized carbons (Fsp3) is 0.0588. The Morgan fingerprint density at radius 3 is 2.61 bits per heavy atom. The van der Waals surface area contributed by atoms with Crippen molar-refractivity contribution in [3.63, 3.8) is 0 Å². The van der Waals surface area contributed by atoms with Crippen molar-refractivity contribution in [2.75, 3.05) is 0 Å². The zero-order valence-corrected chi connectivity index (χ0v) is 12.4. The van der Waals surface area contributed by atoms with Gasteiger partial charge in [0.15, 0.2) is 5.76 Å². The predicted molar refractivity (Wildman–Crippen MR) is 86.6 cm³/mol. The molecule has 6 heteroatoms. The van der Waals surface area contributed by atoms with Crippen LogP contribution in [0.1, 0.15) is 11.3 Å². The number of hydrogen-bond donors (Lipinski definition) is 1. The van der Waals surface area contributed by atoms with Gasteiger partial charge in [0.05, 0.1) is 10.3 Å². The lowest BCUT2D eigenvalue weighted by Crippen LogP contribution is -2.31. The molecule has 0 aliphatic heterocycles. The minimum atomic E-state index is -0.479. The summed E-state index contributed by atoms with van der Waals surface area (Å²) in [5.74, 6) is -0.0212. The smallest absolute Gasteiger partial charge is 0.269 e. The van der Waals surface area contributed by atoms with Gasteiger partial charge >= 0.3 is 0 Å². The van der Waals surface area contributed by atoms with E-state index < -0.39 is 4.92 Å². The fourth-order valence-electron chi connectivity index (χ4n) is 2.36. The Bertz CT molecular complexity index is 918. The van der Waals surface area contributed by atoms with Gasteiger partial charge < -0.3 is 5.11 Å². The zero-order valence-electron chi connectivity index (χ0n) is 12.4. The van der Waals surface area contributed by atoms with Crippen molar-refractivity contribution in [3.8, 4) is 0 Å². The normalized spacial score (nSPS) is 11.6. The van der Waals surface area contributed by atoms with Crippen LogP contribution in [0, 0.1) is 17.0 Å². The van der Waals surface area contributed by atoms with Crippen LogP contribution < -0.4 is 4.68 Å². The molecule has 2 aromatic carbocycles. The van der Waals surface area contributed by atoms with E-state index in [-0.39, 0.29) is 11.4 Å². The summed E-state index contributed by atoms with van der Waals surface area (Å²) in [5, 5.41) is 27.3. The van der Waals surface area contributed by atoms with Crippen LogP contribution in [0.25, 0.3) is 22.7 Å². The first-order valence-electron chi connectivity index (χ1n) is 6.98. The molecule has 0 saturated carbocycles. The number of aromatic nitrogens is 2. The number of nitro benzene ring substituents is 1. The molecule has 0 aliphatic carbocycles. The Morgan fingerprint density at radius 1 is 1.22 bits per heavy atom. The number of benzene rings is 2. The van der Waals surface area contributed by atoms with E-state index >= 15 is 0 Å². The number of aliphatic hydroxyl groups excluding tert-OH is 1. The summed E-state index contributed by atoms with van der Waals surface area (Å²) in [4.78, 5) is 10.2. The molecule has 0 spiro atoms. The molecule has 0 bridgehead atoms. The van der Waals surface area contributed by atoms with E-state index in [9.17, 15) is 15.2 Å². The molecule has 0 radical (unpaired) electrons. The monoisotopic (exact) mass is 308 g/mol. The summed E-state index contributed by atoms with van der Waals surface area (Å²) in [7, 11) is 0. The van der Waals surface area contributed by atoms with Gasteiger partial charge in [0.2, 0.25) is 12.4 Å². The molecule has 1 N–H and O–H groups in total. The third-order valence-electron chi connectivity index (χ3n) is 3.52. The number of rotatable bonds is 3. The third kappa shape index (κ3) is 3.01. The van der Waals surface area contributed by atoms with Crippen molar-refractivity contribution in [2.24, 2.45) is 0 Å². The van der Waals surface area contributed by atoms with Crippen LogP contribution >= 0.6 is 0 Å². The summed E-state index contributed by atoms with van der Waals surface area (Å²) < 4.78 is 1.54. The van der Waals surface area contributed by atoms with Crippen molar-refractivity contribution in [3.05, 3.63) is 76.1 Å². The summed E-state index contributed by atoms with van der Waals surface area (Å²) in [6, 6.07) is 13.5. The van der Waals surface area contributed by atoms with Crippen LogP contribution in [0.5, 0.6) is 0 Å². The number of aryl methyl sites for hydroxylation is 1. The van der Waals surface area contributed by atoms with Crippen molar-refractivity contribution in [1.29, 1.82) is 0 Å². The summed E-state index contributed by atoms with van der Waals surface area (Å²) in [5.41, 5.74) is 1.31. The van der Waals surface area contributed by atoms with Gasteiger partial charge in [0.25, 0.3) is 5.69 Å². The number of nitrogens with zero attached hydrogens (tertiary/aromatic N) is 3. The number of non-ortho nitro benzene ring substituents is 1. The fourth-order valence-corrected chi connectivity index (χ4v) is 2.36. The topological polar surface area (TPSA) is 80.1 Å². The molecule has 6 nitrogen and oxygen atoms in total. The van der Waals surface area contributed by atoms with Gasteiger partial charge in [-0.1, -0.05) is 22.9 Å². The largest absolute Gasteiger partial charge is 0.502 e. The van der Waals surface area contributed by atoms with Crippen LogP contribution in [-0.2, 0) is 0 Å². The van der Waals surface area contributed by atoms with Crippen LogP contribution in [0.2, 0.25) is 0 Å². The molecule has 0 unspecified atom stereocenters. The van der Waals surface area contributed by atoms with Crippen molar-refractivity contribution in [1.82, 2.24) is 5.10 Å². The van der Waals surface area contributed by atoms with Crippen molar-refractivity contribution in [2.45, 2.75) is 6.92 Å². The van der Waals surface area contributed by atoms with Gasteiger partial charge in [0.1, 0.15) is 5.69 Å². The third-order valence-corrected chi connectivity index (χ3v) is 3.52. The van der Waals surface area contributed by atoms with Crippen LogP contribution in [0.3, 0.4) is 0 Å². The van der Waals surface area contributed by atoms with Gasteiger partial charge in [-0.2, -0.15) is 0 Å². The van der Waals surface area contributed by atoms with Gasteiger partial charge in [-0.15, -0.1) is 0 Å². The highest BCUT2D eigenvalue weighted by molar-refractivity contribution is 5.82. The molecule has 0 aliphatic rings. The molecule has 0 atom stereocenters. The van der Waals surface area contributed by atoms with E-state index in [4.69, 9.17) is 0 Å². The lowest BCUT2D eigenvalue weighted by molar-refractivity contribution is -0.633. The minimum Gasteiger partial charge on any atom is -0.502 e. The Hall–Kier alpha value is -3.28. The average molecular weight is 308 g/mol. The molecule has 3 aromatic rings. The Kier molecular flexibility index (Phi) is 3.72. The average Bonchev–Trinajstić information content (AvgIpc) is 2.55. The second-order valence-corrected chi connectivity index (χ2v) is 5.10. The maximum absolute atomic E-state index is 10.6. The highest BCUT2D eigenvalue weighted by Gasteiger charge is 2.11. The number of aliphatic hydroxyl groups is 1. The van der Waals surface area contributed by atoms with Gasteiger partial charge in [-0.25, -0.2) is 0 Å². The van der Waals surface area contributed by atoms with Crippen molar-refractivity contribution < 1.29 is 14.7 Å². The van der Waals surface area contributed by atoms with E-state index in [1.165, 1.54) is 35.1 Å². The second kappa shape index (κ2) is 5.84. The number of fused-ring (bicyclic) bond motifs is 1. The Morgan fingerprint density at radius 2 is 1.91 bits per heavy atom. The highest BCUT2D eigenvalue weighted by atomic mass is 16.6. The first-order chi connectivity index (χ1) is 11.0. The van der Waals surface area contributed by atoms with Crippen LogP contribution in [-0.4, -0.2) is 15.1 Å². The first-order valence-corrected chi connectivity index (χ1v) is 6.98. The Labute approximate surface area is 132 Å². The molecule has 0 amide bonds. The molecule has 3 rings (SSSR count). The van der Waals surface area contributed by atoms with Crippen LogP contribution in [0.15, 0.2) is 54.7 Å². The maximum Gasteiger partial charge on any atom is 0.269 e. The van der Waals surface area contributed by atoms with E-state index in [1.807, 2.05) is 37.4 Å². The summed E-state index contributed by atoms with van der Waals surface area (Å²) in [6.45, 7) is 1.90. The van der Waals surface area contributed by atoms with Crippen molar-refractivity contribution >= 4 is 28.4 Å². The molecule has 0 fully saturated rings. The van der Waals surface area contributed by atoms with E-state index in [0.29, 0.717) is 5.56 Å². The lowest BCUT2D eigenvalue weighted by Gasteiger charge is -1.99. The van der Waals surface area contributed by atoms with Crippen LogP contribution in [0.4, 0.5) is 5.69 Å². The molecule has 1 aromatic heterocycles. The lowest BCUT2D eigenvalue weighted by atomic mass is 10.1. The van der Waals surface area contributed by atoms with Gasteiger partial charge in [-0.3, -0.25) is 10.1 Å². The van der Waals surface area contributed by atoms with E-state index in [1.54, 1.807) is 0 Å². The number of hydrogen-bond acceptors (Lipinski definition) is 4. The zero-order chi connectivity index (χ0) is 16.4. The Balaban J connectivity index is 1.98. The first kappa shape index (κ1) is 14.6. The van der Waals surface area contributed by atoms with Gasteiger partial charge in [-0.05, 0) is 25.1 Å². The summed E-state index contributed by atoms with van der Waals surface area (Å²) in [6.07, 6.45) is 3.28. The molecular weight excluding hydrogens is 294 g/mol. The molecule has 114 valence electrons. The minimum absolute atomic E-state index is 0.0196. The highest BCUT2D eigenvalue weighted by Crippen LogP contribution is 2.17. The van der Waals surface area contributed by atoms with E-state index in [0.717, 1.165) is 16.5 Å². The number of nitro groups is 1.